The van der Waals surface area contributed by atoms with E-state index in [-0.39, 0.29) is 5.91 Å². The van der Waals surface area contributed by atoms with Crippen LogP contribution in [0.2, 0.25) is 0 Å². The number of amides is 1. The van der Waals surface area contributed by atoms with Gasteiger partial charge in [0.25, 0.3) is 0 Å². The summed E-state index contributed by atoms with van der Waals surface area (Å²) in [6.07, 6.45) is 6.03. The molecule has 0 aliphatic carbocycles. The third kappa shape index (κ3) is 2.14. The van der Waals surface area contributed by atoms with E-state index in [0.717, 1.165) is 18.7 Å². The summed E-state index contributed by atoms with van der Waals surface area (Å²) in [4.78, 5) is 17.9. The summed E-state index contributed by atoms with van der Waals surface area (Å²) in [7, 11) is 0. The average molecular weight is 241 g/mol. The number of likely N-dealkylation sites (tertiary alicyclic amines) is 1. The van der Waals surface area contributed by atoms with Gasteiger partial charge in [0.15, 0.2) is 0 Å². The van der Waals surface area contributed by atoms with E-state index < -0.39 is 0 Å². The molecule has 92 valence electrons. The maximum atomic E-state index is 12.0. The topological polar surface area (TPSA) is 38.1 Å². The Morgan fingerprint density at radius 1 is 1.28 bits per heavy atom. The zero-order valence-corrected chi connectivity index (χ0v) is 10.1. The van der Waals surface area contributed by atoms with Gasteiger partial charge in [-0.15, -0.1) is 0 Å². The number of rotatable bonds is 3. The predicted molar refractivity (Wildman–Crippen MR) is 68.0 cm³/mol. The SMILES string of the molecule is O=C(Cc1ccccc1)N1CC(n2ccnc2)C1. The van der Waals surface area contributed by atoms with Crippen LogP contribution in [-0.4, -0.2) is 33.4 Å². The van der Waals surface area contributed by atoms with Crippen molar-refractivity contribution in [3.8, 4) is 0 Å². The zero-order valence-electron chi connectivity index (χ0n) is 10.1. The predicted octanol–water partition coefficient (Wildman–Crippen LogP) is 1.51. The summed E-state index contributed by atoms with van der Waals surface area (Å²) >= 11 is 0. The van der Waals surface area contributed by atoms with E-state index in [1.54, 1.807) is 6.20 Å². The Hall–Kier alpha value is -2.10. The number of aromatic nitrogens is 2. The number of carbonyl (C=O) groups excluding carboxylic acids is 1. The van der Waals surface area contributed by atoms with Gasteiger partial charge in [-0.25, -0.2) is 4.98 Å². The summed E-state index contributed by atoms with van der Waals surface area (Å²) < 4.78 is 2.06. The van der Waals surface area contributed by atoms with Crippen molar-refractivity contribution in [2.24, 2.45) is 0 Å². The van der Waals surface area contributed by atoms with E-state index in [0.29, 0.717) is 12.5 Å². The summed E-state index contributed by atoms with van der Waals surface area (Å²) in [5.74, 6) is 0.206. The lowest BCUT2D eigenvalue weighted by molar-refractivity contribution is -0.136. The molecule has 3 rings (SSSR count). The van der Waals surface area contributed by atoms with Crippen molar-refractivity contribution in [1.29, 1.82) is 0 Å². The van der Waals surface area contributed by atoms with Crippen LogP contribution in [0.5, 0.6) is 0 Å². The fraction of sp³-hybridized carbons (Fsp3) is 0.286. The Kier molecular flexibility index (Phi) is 2.84. The Morgan fingerprint density at radius 3 is 2.72 bits per heavy atom. The van der Waals surface area contributed by atoms with Crippen LogP contribution >= 0.6 is 0 Å². The van der Waals surface area contributed by atoms with Crippen molar-refractivity contribution in [1.82, 2.24) is 14.5 Å². The minimum absolute atomic E-state index is 0.206. The molecule has 4 nitrogen and oxygen atoms in total. The van der Waals surface area contributed by atoms with Gasteiger partial charge in [-0.05, 0) is 5.56 Å². The molecule has 0 atom stereocenters. The Morgan fingerprint density at radius 2 is 2.06 bits per heavy atom. The number of hydrogen-bond donors (Lipinski definition) is 0. The van der Waals surface area contributed by atoms with E-state index in [2.05, 4.69) is 9.55 Å². The van der Waals surface area contributed by atoms with Crippen molar-refractivity contribution < 1.29 is 4.79 Å². The molecule has 4 heteroatoms. The molecule has 1 aromatic carbocycles. The second-order valence-electron chi connectivity index (χ2n) is 4.62. The van der Waals surface area contributed by atoms with Gasteiger partial charge in [-0.2, -0.15) is 0 Å². The zero-order chi connectivity index (χ0) is 12.4. The fourth-order valence-corrected chi connectivity index (χ4v) is 2.22. The molecule has 0 saturated carbocycles. The van der Waals surface area contributed by atoms with Crippen molar-refractivity contribution in [2.45, 2.75) is 12.5 Å². The lowest BCUT2D eigenvalue weighted by Gasteiger charge is -2.39. The first-order valence-electron chi connectivity index (χ1n) is 6.12. The molecule has 1 aromatic heterocycles. The highest BCUT2D eigenvalue weighted by atomic mass is 16.2. The van der Waals surface area contributed by atoms with Gasteiger partial charge in [-0.3, -0.25) is 4.79 Å². The Bertz CT molecular complexity index is 515. The van der Waals surface area contributed by atoms with Crippen LogP contribution in [0.25, 0.3) is 0 Å². The van der Waals surface area contributed by atoms with Gasteiger partial charge in [0.05, 0.1) is 18.8 Å². The first kappa shape index (κ1) is 11.0. The molecular formula is C14H15N3O. The quantitative estimate of drug-likeness (QED) is 0.817. The third-order valence-corrected chi connectivity index (χ3v) is 3.36. The summed E-state index contributed by atoms with van der Waals surface area (Å²) in [6, 6.07) is 10.3. The molecule has 1 aliphatic rings. The Labute approximate surface area is 106 Å². The number of carbonyl (C=O) groups is 1. The fourth-order valence-electron chi connectivity index (χ4n) is 2.22. The molecule has 0 bridgehead atoms. The van der Waals surface area contributed by atoms with Gasteiger partial charge < -0.3 is 9.47 Å². The molecule has 0 unspecified atom stereocenters. The molecule has 0 N–H and O–H groups in total. The Balaban J connectivity index is 1.54. The van der Waals surface area contributed by atoms with Crippen molar-refractivity contribution in [3.05, 3.63) is 54.6 Å². The molecular weight excluding hydrogens is 226 g/mol. The van der Waals surface area contributed by atoms with Crippen molar-refractivity contribution >= 4 is 5.91 Å². The number of hydrogen-bond acceptors (Lipinski definition) is 2. The molecule has 18 heavy (non-hydrogen) atoms. The normalized spacial score (nSPS) is 15.4. The highest BCUT2D eigenvalue weighted by Gasteiger charge is 2.31. The molecule has 1 amide bonds. The van der Waals surface area contributed by atoms with E-state index in [4.69, 9.17) is 0 Å². The highest BCUT2D eigenvalue weighted by Crippen LogP contribution is 2.21. The summed E-state index contributed by atoms with van der Waals surface area (Å²) in [5, 5.41) is 0. The number of benzene rings is 1. The highest BCUT2D eigenvalue weighted by molar-refractivity contribution is 5.79. The second kappa shape index (κ2) is 4.64. The van der Waals surface area contributed by atoms with Gasteiger partial charge >= 0.3 is 0 Å². The van der Waals surface area contributed by atoms with E-state index in [1.807, 2.05) is 47.8 Å². The van der Waals surface area contributed by atoms with Crippen LogP contribution in [0.3, 0.4) is 0 Å². The lowest BCUT2D eigenvalue weighted by Crippen LogP contribution is -2.51. The smallest absolute Gasteiger partial charge is 0.227 e. The van der Waals surface area contributed by atoms with Gasteiger partial charge in [-0.1, -0.05) is 30.3 Å². The largest absolute Gasteiger partial charge is 0.338 e. The van der Waals surface area contributed by atoms with Gasteiger partial charge in [0, 0.05) is 25.5 Å². The van der Waals surface area contributed by atoms with E-state index >= 15 is 0 Å². The van der Waals surface area contributed by atoms with Crippen LogP contribution in [0.15, 0.2) is 49.1 Å². The minimum atomic E-state index is 0.206. The summed E-state index contributed by atoms with van der Waals surface area (Å²) in [5.41, 5.74) is 1.08. The summed E-state index contributed by atoms with van der Waals surface area (Å²) in [6.45, 7) is 1.59. The van der Waals surface area contributed by atoms with E-state index in [1.165, 1.54) is 0 Å². The average Bonchev–Trinajstić information content (AvgIpc) is 2.82. The molecule has 0 radical (unpaired) electrons. The van der Waals surface area contributed by atoms with Crippen molar-refractivity contribution in [2.75, 3.05) is 13.1 Å². The molecule has 0 spiro atoms. The molecule has 2 heterocycles. The number of nitrogens with zero attached hydrogens (tertiary/aromatic N) is 3. The second-order valence-corrected chi connectivity index (χ2v) is 4.62. The monoisotopic (exact) mass is 241 g/mol. The first-order valence-corrected chi connectivity index (χ1v) is 6.12. The van der Waals surface area contributed by atoms with Crippen LogP contribution in [0.1, 0.15) is 11.6 Å². The standard InChI is InChI=1S/C14H15N3O/c18-14(8-12-4-2-1-3-5-12)17-9-13(10-17)16-7-6-15-11-16/h1-7,11,13H,8-10H2. The molecule has 2 aromatic rings. The molecule has 1 fully saturated rings. The van der Waals surface area contributed by atoms with Crippen LogP contribution in [0, 0.1) is 0 Å². The maximum absolute atomic E-state index is 12.0. The maximum Gasteiger partial charge on any atom is 0.227 e. The van der Waals surface area contributed by atoms with Gasteiger partial charge in [0.1, 0.15) is 0 Å². The van der Waals surface area contributed by atoms with E-state index in [9.17, 15) is 4.79 Å². The van der Waals surface area contributed by atoms with Crippen molar-refractivity contribution in [3.63, 3.8) is 0 Å². The lowest BCUT2D eigenvalue weighted by atomic mass is 10.1. The van der Waals surface area contributed by atoms with Crippen LogP contribution in [-0.2, 0) is 11.2 Å². The minimum Gasteiger partial charge on any atom is -0.338 e. The molecule has 1 saturated heterocycles. The van der Waals surface area contributed by atoms with Crippen LogP contribution < -0.4 is 0 Å². The van der Waals surface area contributed by atoms with Gasteiger partial charge in [0.2, 0.25) is 5.91 Å². The number of imidazole rings is 1. The van der Waals surface area contributed by atoms with Crippen LogP contribution in [0.4, 0.5) is 0 Å². The molecule has 1 aliphatic heterocycles. The first-order chi connectivity index (χ1) is 8.83. The third-order valence-electron chi connectivity index (χ3n) is 3.36.